The first-order valence-corrected chi connectivity index (χ1v) is 13.4. The second kappa shape index (κ2) is 10.2. The largest absolute Gasteiger partial charge is 0.361 e. The molecule has 170 valence electrons. The lowest BCUT2D eigenvalue weighted by molar-refractivity contribution is -0.0478. The van der Waals surface area contributed by atoms with Gasteiger partial charge in [-0.25, -0.2) is 16.8 Å². The third-order valence-corrected chi connectivity index (χ3v) is 9.22. The Kier molecular flexibility index (Phi) is 8.01. The molecule has 31 heavy (non-hydrogen) atoms. The number of nitrogens with zero attached hydrogens (tertiary/aromatic N) is 2. The van der Waals surface area contributed by atoms with Gasteiger partial charge in [-0.05, 0) is 55.0 Å². The molecule has 0 aliphatic carbocycles. The van der Waals surface area contributed by atoms with Crippen LogP contribution < -0.4 is 0 Å². The highest BCUT2D eigenvalue weighted by Gasteiger charge is 2.40. The predicted molar refractivity (Wildman–Crippen MR) is 120 cm³/mol. The monoisotopic (exact) mass is 506 g/mol. The van der Waals surface area contributed by atoms with E-state index in [4.69, 9.17) is 27.9 Å². The summed E-state index contributed by atoms with van der Waals surface area (Å²) in [5.74, 6) is 0. The smallest absolute Gasteiger partial charge is 0.245 e. The van der Waals surface area contributed by atoms with Crippen LogP contribution in [-0.2, 0) is 24.8 Å². The number of benzene rings is 2. The molecule has 0 N–H and O–H groups in total. The van der Waals surface area contributed by atoms with Gasteiger partial charge in [0.05, 0.1) is 16.3 Å². The highest BCUT2D eigenvalue weighted by atomic mass is 35.5. The Morgan fingerprint density at radius 3 is 1.90 bits per heavy atom. The molecule has 7 nitrogen and oxygen atoms in total. The van der Waals surface area contributed by atoms with E-state index in [2.05, 4.69) is 0 Å². The molecular weight excluding hydrogens is 483 g/mol. The maximum Gasteiger partial charge on any atom is 0.245 e. The molecule has 1 fully saturated rings. The molecule has 0 aromatic heterocycles. The average molecular weight is 507 g/mol. The van der Waals surface area contributed by atoms with E-state index in [-0.39, 0.29) is 29.4 Å². The van der Waals surface area contributed by atoms with Crippen LogP contribution >= 0.6 is 23.2 Å². The first kappa shape index (κ1) is 24.4. The van der Waals surface area contributed by atoms with Crippen molar-refractivity contribution < 1.29 is 21.6 Å². The first-order chi connectivity index (χ1) is 14.7. The lowest BCUT2D eigenvalue weighted by atomic mass is 10.3. The summed E-state index contributed by atoms with van der Waals surface area (Å²) in [5, 5.41) is 0.854. The molecule has 0 radical (unpaired) electrons. The van der Waals surface area contributed by atoms with Gasteiger partial charge in [0.2, 0.25) is 20.0 Å². The van der Waals surface area contributed by atoms with Crippen LogP contribution in [0.1, 0.15) is 19.8 Å². The Morgan fingerprint density at radius 2 is 1.39 bits per heavy atom. The number of rotatable bonds is 8. The molecule has 3 rings (SSSR count). The minimum atomic E-state index is -3.89. The third-order valence-electron chi connectivity index (χ3n) is 4.93. The van der Waals surface area contributed by atoms with Crippen LogP contribution in [-0.4, -0.2) is 57.9 Å². The van der Waals surface area contributed by atoms with E-state index in [1.165, 1.54) is 57.1 Å². The number of halogens is 2. The minimum absolute atomic E-state index is 0.00537. The normalized spacial score (nSPS) is 18.9. The molecule has 2 aromatic rings. The number of sulfonamides is 2. The van der Waals surface area contributed by atoms with Gasteiger partial charge in [-0.2, -0.15) is 8.61 Å². The van der Waals surface area contributed by atoms with E-state index in [0.29, 0.717) is 16.7 Å². The molecule has 2 aromatic carbocycles. The molecule has 1 atom stereocenters. The van der Waals surface area contributed by atoms with Crippen LogP contribution in [0.15, 0.2) is 58.3 Å². The second-order valence-corrected chi connectivity index (χ2v) is 11.8. The van der Waals surface area contributed by atoms with Gasteiger partial charge < -0.3 is 4.74 Å². The molecule has 11 heteroatoms. The fourth-order valence-electron chi connectivity index (χ4n) is 3.20. The van der Waals surface area contributed by atoms with Crippen molar-refractivity contribution in [3.63, 3.8) is 0 Å². The van der Waals surface area contributed by atoms with E-state index >= 15 is 0 Å². The van der Waals surface area contributed by atoms with Crippen molar-refractivity contribution in [3.8, 4) is 0 Å². The number of unbranched alkanes of at least 4 members (excludes halogenated alkanes) is 1. The Labute approximate surface area is 193 Å². The topological polar surface area (TPSA) is 84.0 Å². The third kappa shape index (κ3) is 5.60. The molecule has 1 saturated heterocycles. The standard InChI is InChI=1S/C20H24Cl2N2O5S2/c1-2-3-14-29-20-15-23(30(25,26)18-8-4-16(21)5-9-18)12-13-24(20)31(27,28)19-10-6-17(22)7-11-19/h4-11,20H,2-3,12-15H2,1H3. The van der Waals surface area contributed by atoms with Crippen molar-refractivity contribution in [1.82, 2.24) is 8.61 Å². The Balaban J connectivity index is 1.88. The van der Waals surface area contributed by atoms with E-state index in [1.54, 1.807) is 0 Å². The van der Waals surface area contributed by atoms with Crippen LogP contribution in [0.5, 0.6) is 0 Å². The Bertz CT molecular complexity index is 1090. The maximum atomic E-state index is 13.2. The van der Waals surface area contributed by atoms with Gasteiger partial charge >= 0.3 is 0 Å². The van der Waals surface area contributed by atoms with Crippen molar-refractivity contribution in [3.05, 3.63) is 58.6 Å². The fourth-order valence-corrected chi connectivity index (χ4v) is 6.39. The maximum absolute atomic E-state index is 13.2. The second-order valence-electron chi connectivity index (χ2n) is 7.07. The Morgan fingerprint density at radius 1 is 0.871 bits per heavy atom. The van der Waals surface area contributed by atoms with Crippen LogP contribution in [0.25, 0.3) is 0 Å². The van der Waals surface area contributed by atoms with Gasteiger partial charge in [-0.15, -0.1) is 0 Å². The summed E-state index contributed by atoms with van der Waals surface area (Å²) < 4.78 is 60.9. The van der Waals surface area contributed by atoms with Crippen LogP contribution in [0, 0.1) is 0 Å². The van der Waals surface area contributed by atoms with E-state index < -0.39 is 26.3 Å². The summed E-state index contributed by atoms with van der Waals surface area (Å²) in [6, 6.07) is 11.7. The molecule has 0 saturated carbocycles. The molecule has 1 unspecified atom stereocenters. The van der Waals surface area contributed by atoms with Gasteiger partial charge in [-0.3, -0.25) is 0 Å². The van der Waals surface area contributed by atoms with Gasteiger partial charge in [0.25, 0.3) is 0 Å². The zero-order valence-electron chi connectivity index (χ0n) is 16.9. The number of ether oxygens (including phenoxy) is 1. The molecule has 1 aliphatic heterocycles. The zero-order valence-corrected chi connectivity index (χ0v) is 20.1. The lowest BCUT2D eigenvalue weighted by Gasteiger charge is -2.39. The van der Waals surface area contributed by atoms with E-state index in [9.17, 15) is 16.8 Å². The molecule has 1 heterocycles. The van der Waals surface area contributed by atoms with Crippen LogP contribution in [0.2, 0.25) is 10.0 Å². The zero-order chi connectivity index (χ0) is 22.6. The van der Waals surface area contributed by atoms with Gasteiger partial charge in [0, 0.05) is 29.7 Å². The van der Waals surface area contributed by atoms with Crippen molar-refractivity contribution in [2.45, 2.75) is 35.8 Å². The summed E-state index contributed by atoms with van der Waals surface area (Å²) >= 11 is 11.8. The number of hydrogen-bond donors (Lipinski definition) is 0. The molecule has 0 spiro atoms. The van der Waals surface area contributed by atoms with Crippen molar-refractivity contribution in [2.75, 3.05) is 26.2 Å². The van der Waals surface area contributed by atoms with Crippen LogP contribution in [0.3, 0.4) is 0 Å². The number of piperazine rings is 1. The van der Waals surface area contributed by atoms with Gasteiger partial charge in [-0.1, -0.05) is 36.5 Å². The van der Waals surface area contributed by atoms with E-state index in [0.717, 1.165) is 12.8 Å². The summed E-state index contributed by atoms with van der Waals surface area (Å²) in [5.41, 5.74) is 0. The van der Waals surface area contributed by atoms with Crippen molar-refractivity contribution in [1.29, 1.82) is 0 Å². The highest BCUT2D eigenvalue weighted by molar-refractivity contribution is 7.89. The van der Waals surface area contributed by atoms with Crippen LogP contribution in [0.4, 0.5) is 0 Å². The fraction of sp³-hybridized carbons (Fsp3) is 0.400. The van der Waals surface area contributed by atoms with E-state index in [1.807, 2.05) is 6.92 Å². The summed E-state index contributed by atoms with van der Waals surface area (Å²) in [6.45, 7) is 2.17. The van der Waals surface area contributed by atoms with Crippen molar-refractivity contribution >= 4 is 43.2 Å². The SMILES string of the molecule is CCCCOC1CN(S(=O)(=O)c2ccc(Cl)cc2)CCN1S(=O)(=O)c1ccc(Cl)cc1. The minimum Gasteiger partial charge on any atom is -0.361 e. The average Bonchev–Trinajstić information content (AvgIpc) is 2.74. The summed E-state index contributed by atoms with van der Waals surface area (Å²) in [4.78, 5) is 0.174. The van der Waals surface area contributed by atoms with Crippen molar-refractivity contribution in [2.24, 2.45) is 0 Å². The highest BCUT2D eigenvalue weighted by Crippen LogP contribution is 2.27. The molecule has 0 amide bonds. The molecule has 1 aliphatic rings. The summed E-state index contributed by atoms with van der Waals surface area (Å²) in [6.07, 6.45) is 0.654. The quantitative estimate of drug-likeness (QED) is 0.508. The molecular formula is C20H24Cl2N2O5S2. The molecule has 0 bridgehead atoms. The van der Waals surface area contributed by atoms with Gasteiger partial charge in [0.15, 0.2) is 0 Å². The number of hydrogen-bond acceptors (Lipinski definition) is 5. The predicted octanol–water partition coefficient (Wildman–Crippen LogP) is 3.83. The summed E-state index contributed by atoms with van der Waals surface area (Å²) in [7, 11) is -7.72. The Hall–Kier alpha value is -1.20. The first-order valence-electron chi connectivity index (χ1n) is 9.81. The lowest BCUT2D eigenvalue weighted by Crippen LogP contribution is -2.57. The van der Waals surface area contributed by atoms with Gasteiger partial charge in [0.1, 0.15) is 6.23 Å².